The van der Waals surface area contributed by atoms with Crippen LogP contribution in [0.15, 0.2) is 10.8 Å². The van der Waals surface area contributed by atoms with E-state index < -0.39 is 0 Å². The van der Waals surface area contributed by atoms with Crippen molar-refractivity contribution in [3.8, 4) is 0 Å². The van der Waals surface area contributed by atoms with Gasteiger partial charge >= 0.3 is 0 Å². The molecule has 1 fully saturated rings. The Morgan fingerprint density at radius 1 is 1.60 bits per heavy atom. The predicted molar refractivity (Wildman–Crippen MR) is 83.1 cm³/mol. The minimum atomic E-state index is 0.309. The third-order valence-electron chi connectivity index (χ3n) is 4.13. The monoisotopic (exact) mass is 344 g/mol. The van der Waals surface area contributed by atoms with Gasteiger partial charge in [0.2, 0.25) is 0 Å². The van der Waals surface area contributed by atoms with Gasteiger partial charge in [-0.25, -0.2) is 4.98 Å². The Bertz CT molecular complexity index is 423. The second-order valence-corrected chi connectivity index (χ2v) is 6.97. The number of imidazole rings is 1. The van der Waals surface area contributed by atoms with Crippen LogP contribution in [0.25, 0.3) is 0 Å². The first-order valence-corrected chi connectivity index (χ1v) is 8.05. The van der Waals surface area contributed by atoms with Gasteiger partial charge < -0.3 is 15.6 Å². The van der Waals surface area contributed by atoms with Crippen molar-refractivity contribution < 1.29 is 4.84 Å². The van der Waals surface area contributed by atoms with Crippen LogP contribution in [0.1, 0.15) is 44.9 Å². The van der Waals surface area contributed by atoms with Gasteiger partial charge in [-0.15, -0.1) is 0 Å². The zero-order valence-electron chi connectivity index (χ0n) is 12.4. The molecule has 5 nitrogen and oxygen atoms in total. The molecule has 0 amide bonds. The molecule has 1 aromatic heterocycles. The van der Waals surface area contributed by atoms with Crippen molar-refractivity contribution in [3.05, 3.63) is 16.6 Å². The van der Waals surface area contributed by atoms with Crippen molar-refractivity contribution in [3.63, 3.8) is 0 Å². The van der Waals surface area contributed by atoms with Gasteiger partial charge in [0.05, 0.1) is 13.3 Å². The summed E-state index contributed by atoms with van der Waals surface area (Å²) in [6, 6.07) is 0.688. The highest BCUT2D eigenvalue weighted by atomic mass is 79.9. The highest BCUT2D eigenvalue weighted by Gasteiger charge is 2.37. The minimum absolute atomic E-state index is 0.309. The lowest BCUT2D eigenvalue weighted by molar-refractivity contribution is 0.0401. The highest BCUT2D eigenvalue weighted by molar-refractivity contribution is 9.10. The van der Waals surface area contributed by atoms with Crippen LogP contribution >= 0.6 is 15.9 Å². The normalized spacial score (nSPS) is 24.9. The second-order valence-electron chi connectivity index (χ2n) is 6.12. The van der Waals surface area contributed by atoms with Crippen molar-refractivity contribution in [1.82, 2.24) is 15.4 Å². The number of halogens is 1. The molecule has 4 N–H and O–H groups in total. The molecule has 20 heavy (non-hydrogen) atoms. The molecular weight excluding hydrogens is 320 g/mol. The van der Waals surface area contributed by atoms with E-state index in [2.05, 4.69) is 45.2 Å². The summed E-state index contributed by atoms with van der Waals surface area (Å²) >= 11 is 3.44. The first kappa shape index (κ1) is 15.9. The zero-order valence-corrected chi connectivity index (χ0v) is 14.0. The quantitative estimate of drug-likeness (QED) is 0.633. The molecule has 0 aromatic carbocycles. The fourth-order valence-electron chi connectivity index (χ4n) is 2.66. The van der Waals surface area contributed by atoms with Crippen molar-refractivity contribution in [1.29, 1.82) is 0 Å². The number of nitrogens with one attached hydrogen (secondary N) is 2. The maximum atomic E-state index is 5.97. The van der Waals surface area contributed by atoms with Crippen LogP contribution in [0.5, 0.6) is 0 Å². The first-order chi connectivity index (χ1) is 9.51. The Labute approximate surface area is 129 Å². The Balaban J connectivity index is 2.05. The Hall–Kier alpha value is -0.430. The van der Waals surface area contributed by atoms with Gasteiger partial charge in [0, 0.05) is 18.0 Å². The van der Waals surface area contributed by atoms with Crippen LogP contribution in [0.2, 0.25) is 0 Å². The number of hydrogen-bond acceptors (Lipinski definition) is 4. The van der Waals surface area contributed by atoms with Crippen LogP contribution in [-0.2, 0) is 4.84 Å². The van der Waals surface area contributed by atoms with Crippen LogP contribution in [0.3, 0.4) is 0 Å². The van der Waals surface area contributed by atoms with Crippen LogP contribution in [-0.4, -0.2) is 29.2 Å². The van der Waals surface area contributed by atoms with E-state index >= 15 is 0 Å². The number of H-pyrrole nitrogens is 1. The molecule has 1 aliphatic carbocycles. The molecule has 1 saturated carbocycles. The molecule has 114 valence electrons. The fraction of sp³-hybridized carbons (Fsp3) is 0.786. The summed E-state index contributed by atoms with van der Waals surface area (Å²) in [6.45, 7) is 4.41. The summed E-state index contributed by atoms with van der Waals surface area (Å²) in [5.41, 5.74) is 9.08. The Morgan fingerprint density at radius 2 is 2.30 bits per heavy atom. The maximum absolute atomic E-state index is 5.97. The van der Waals surface area contributed by atoms with Crippen LogP contribution in [0, 0.1) is 11.8 Å². The third kappa shape index (κ3) is 4.28. The van der Waals surface area contributed by atoms with Crippen molar-refractivity contribution in [2.24, 2.45) is 17.6 Å². The van der Waals surface area contributed by atoms with Gasteiger partial charge in [-0.2, -0.15) is 5.48 Å². The number of rotatable bonds is 8. The van der Waals surface area contributed by atoms with E-state index in [0.717, 1.165) is 29.7 Å². The predicted octanol–water partition coefficient (Wildman–Crippen LogP) is 2.56. The molecule has 0 radical (unpaired) electrons. The number of hydrogen-bond donors (Lipinski definition) is 3. The van der Waals surface area contributed by atoms with Crippen molar-refractivity contribution >= 4 is 15.9 Å². The summed E-state index contributed by atoms with van der Waals surface area (Å²) in [5.74, 6) is 2.57. The van der Waals surface area contributed by atoms with E-state index in [1.54, 1.807) is 7.11 Å². The van der Waals surface area contributed by atoms with Gasteiger partial charge in [0.15, 0.2) is 0 Å². The summed E-state index contributed by atoms with van der Waals surface area (Å²) < 4.78 is 0.929. The summed E-state index contributed by atoms with van der Waals surface area (Å²) in [6.07, 6.45) is 5.05. The van der Waals surface area contributed by atoms with Crippen molar-refractivity contribution in [2.45, 2.75) is 51.1 Å². The zero-order chi connectivity index (χ0) is 14.7. The standard InChI is InChI=1S/C14H25BrN4O/c1-8(2)12(19-20-3)6-10(4-9-5-11(9)16)14-17-7-13(15)18-14/h7-12,19H,4-6,16H2,1-3H3,(H,17,18)/t9?,10?,11?,12-/m1/s1. The molecule has 0 saturated heterocycles. The van der Waals surface area contributed by atoms with E-state index in [0.29, 0.717) is 29.8 Å². The van der Waals surface area contributed by atoms with Gasteiger partial charge in [-0.05, 0) is 47.0 Å². The molecule has 1 aromatic rings. The van der Waals surface area contributed by atoms with E-state index in [4.69, 9.17) is 10.6 Å². The average molecular weight is 345 g/mol. The summed E-state index contributed by atoms with van der Waals surface area (Å²) in [5, 5.41) is 0. The van der Waals surface area contributed by atoms with Crippen molar-refractivity contribution in [2.75, 3.05) is 7.11 Å². The second kappa shape index (κ2) is 7.02. The van der Waals surface area contributed by atoms with E-state index in [-0.39, 0.29) is 0 Å². The maximum Gasteiger partial charge on any atom is 0.110 e. The topological polar surface area (TPSA) is 76.0 Å². The Kier molecular flexibility index (Phi) is 5.60. The fourth-order valence-corrected chi connectivity index (χ4v) is 2.97. The largest absolute Gasteiger partial charge is 0.337 e. The minimum Gasteiger partial charge on any atom is -0.337 e. The molecule has 2 rings (SSSR count). The SMILES string of the molecule is CON[C@H](CC(CC1CC1N)c1ncc(Br)[nH]1)C(C)C. The first-order valence-electron chi connectivity index (χ1n) is 7.25. The molecule has 0 bridgehead atoms. The molecule has 0 aliphatic heterocycles. The van der Waals surface area contributed by atoms with E-state index in [9.17, 15) is 0 Å². The summed E-state index contributed by atoms with van der Waals surface area (Å²) in [4.78, 5) is 12.9. The van der Waals surface area contributed by atoms with Gasteiger partial charge in [0.1, 0.15) is 10.4 Å². The average Bonchev–Trinajstić information content (AvgIpc) is 2.89. The van der Waals surface area contributed by atoms with Gasteiger partial charge in [-0.1, -0.05) is 13.8 Å². The van der Waals surface area contributed by atoms with Gasteiger partial charge in [0.25, 0.3) is 0 Å². The highest BCUT2D eigenvalue weighted by Crippen LogP contribution is 2.39. The Morgan fingerprint density at radius 3 is 2.75 bits per heavy atom. The molecule has 0 spiro atoms. The number of nitrogens with zero attached hydrogens (tertiary/aromatic N) is 1. The molecular formula is C14H25BrN4O. The molecule has 6 heteroatoms. The number of aromatic amines is 1. The van der Waals surface area contributed by atoms with E-state index in [1.807, 2.05) is 6.20 Å². The number of hydroxylamine groups is 1. The lowest BCUT2D eigenvalue weighted by atomic mass is 9.89. The molecule has 1 heterocycles. The molecule has 3 unspecified atom stereocenters. The number of aromatic nitrogens is 2. The lowest BCUT2D eigenvalue weighted by Gasteiger charge is -2.25. The molecule has 4 atom stereocenters. The van der Waals surface area contributed by atoms with Crippen LogP contribution in [0.4, 0.5) is 0 Å². The lowest BCUT2D eigenvalue weighted by Crippen LogP contribution is -2.35. The summed E-state index contributed by atoms with van der Waals surface area (Å²) in [7, 11) is 1.67. The van der Waals surface area contributed by atoms with Gasteiger partial charge in [-0.3, -0.25) is 0 Å². The van der Waals surface area contributed by atoms with E-state index in [1.165, 1.54) is 0 Å². The number of nitrogens with two attached hydrogens (primary N) is 1. The smallest absolute Gasteiger partial charge is 0.110 e. The molecule has 1 aliphatic rings. The van der Waals surface area contributed by atoms with Crippen LogP contribution < -0.4 is 11.2 Å². The third-order valence-corrected chi connectivity index (χ3v) is 4.53.